The summed E-state index contributed by atoms with van der Waals surface area (Å²) in [7, 11) is 0. The van der Waals surface area contributed by atoms with Crippen LogP contribution in [0.4, 0.5) is 5.69 Å². The molecule has 0 saturated carbocycles. The quantitative estimate of drug-likeness (QED) is 0.132. The van der Waals surface area contributed by atoms with Crippen LogP contribution in [0.2, 0.25) is 0 Å². The molecule has 2 aliphatic rings. The van der Waals surface area contributed by atoms with E-state index in [4.69, 9.17) is 6.57 Å². The third-order valence-electron chi connectivity index (χ3n) is 14.1. The molecule has 0 heterocycles. The number of hydrogen-bond acceptors (Lipinski definition) is 2. The average Bonchev–Trinajstić information content (AvgIpc) is 3.75. The zero-order valence-electron chi connectivity index (χ0n) is 35.3. The highest BCUT2D eigenvalue weighted by atomic mass is 14.6. The lowest BCUT2D eigenvalue weighted by atomic mass is 9.81. The maximum Gasteiger partial charge on any atom is 0.187 e. The van der Waals surface area contributed by atoms with E-state index < -0.39 is 0 Å². The second kappa shape index (κ2) is 13.1. The molecule has 0 bridgehead atoms. The number of nitriles is 2. The maximum absolute atomic E-state index is 9.84. The Kier molecular flexibility index (Phi) is 7.60. The summed E-state index contributed by atoms with van der Waals surface area (Å²) in [4.78, 5) is 3.84. The third kappa shape index (κ3) is 5.11. The molecule has 0 saturated heterocycles. The van der Waals surface area contributed by atoms with Crippen molar-refractivity contribution in [1.82, 2.24) is 0 Å². The van der Waals surface area contributed by atoms with E-state index in [0.29, 0.717) is 16.8 Å². The summed E-state index contributed by atoms with van der Waals surface area (Å²) < 4.78 is 0. The van der Waals surface area contributed by atoms with Crippen molar-refractivity contribution in [1.29, 1.82) is 10.5 Å². The predicted octanol–water partition coefficient (Wildman–Crippen LogP) is 16.2. The maximum atomic E-state index is 9.84. The lowest BCUT2D eigenvalue weighted by Gasteiger charge is -2.22. The van der Waals surface area contributed by atoms with Crippen LogP contribution in [0.1, 0.15) is 47.2 Å². The lowest BCUT2D eigenvalue weighted by Crippen LogP contribution is -2.14. The van der Waals surface area contributed by atoms with Gasteiger partial charge in [-0.1, -0.05) is 105 Å². The fourth-order valence-corrected chi connectivity index (χ4v) is 11.1. The molecule has 3 heteroatoms. The highest BCUT2D eigenvalue weighted by Crippen LogP contribution is 2.54. The summed E-state index contributed by atoms with van der Waals surface area (Å²) in [5.41, 5.74) is 20.8. The Morgan fingerprint density at radius 1 is 0.413 bits per heavy atom. The molecule has 0 unspecified atom stereocenters. The van der Waals surface area contributed by atoms with Crippen molar-refractivity contribution in [3.63, 3.8) is 0 Å². The molecule has 0 N–H and O–H groups in total. The van der Waals surface area contributed by atoms with Crippen LogP contribution in [0.15, 0.2) is 152 Å². The molecule has 2 aliphatic carbocycles. The Balaban J connectivity index is 1.14. The third-order valence-corrected chi connectivity index (χ3v) is 14.1. The van der Waals surface area contributed by atoms with E-state index in [2.05, 4.69) is 154 Å². The monoisotopic (exact) mass is 799 g/mol. The Morgan fingerprint density at radius 3 is 1.63 bits per heavy atom. The molecule has 0 radical (unpaired) electrons. The number of benzene rings is 10. The first-order chi connectivity index (χ1) is 30.7. The van der Waals surface area contributed by atoms with Gasteiger partial charge >= 0.3 is 0 Å². The van der Waals surface area contributed by atoms with Crippen molar-refractivity contribution < 1.29 is 0 Å². The normalized spacial score (nSPS) is 12.8. The Morgan fingerprint density at radius 2 is 0.952 bits per heavy atom. The highest BCUT2D eigenvalue weighted by Gasteiger charge is 2.35. The molecular weight excluding hydrogens is 763 g/mol. The van der Waals surface area contributed by atoms with Gasteiger partial charge in [-0.25, -0.2) is 4.85 Å². The first-order valence-electron chi connectivity index (χ1n) is 21.4. The van der Waals surface area contributed by atoms with Gasteiger partial charge in [0.15, 0.2) is 5.69 Å². The van der Waals surface area contributed by atoms with Gasteiger partial charge in [-0.15, -0.1) is 0 Å². The van der Waals surface area contributed by atoms with Gasteiger partial charge in [0.25, 0.3) is 0 Å². The number of fused-ring (bicyclic) bond motifs is 11. The van der Waals surface area contributed by atoms with Gasteiger partial charge in [0.1, 0.15) is 0 Å². The topological polar surface area (TPSA) is 51.9 Å². The molecule has 0 atom stereocenters. The molecule has 63 heavy (non-hydrogen) atoms. The largest absolute Gasteiger partial charge is 0.238 e. The minimum atomic E-state index is -0.0931. The number of aryl methyl sites for hydroxylation is 2. The standard InChI is InChI=1S/C60H37N3/c1-33-23-35(31-61)13-17-39(33)49-28-55-51(42-20-16-38(63-5)26-48(42)49)27-50(40-18-14-36(32-62)24-34(40)2)54-30-53-47-22-21-41(45-10-8-11-46(59(45)47)52(53)29-56(54)55)37-15-19-44-43-9-6-7-12-57(43)60(3,4)58(44)25-37/h6-30H,1-4H3. The Bertz CT molecular complexity index is 3880. The van der Waals surface area contributed by atoms with Crippen LogP contribution in [-0.2, 0) is 5.41 Å². The predicted molar refractivity (Wildman–Crippen MR) is 260 cm³/mol. The first-order valence-corrected chi connectivity index (χ1v) is 21.4. The zero-order valence-corrected chi connectivity index (χ0v) is 35.3. The molecule has 12 rings (SSSR count). The molecular formula is C60H37N3. The van der Waals surface area contributed by atoms with E-state index in [1.807, 2.05) is 42.5 Å². The summed E-state index contributed by atoms with van der Waals surface area (Å²) >= 11 is 0. The first kappa shape index (κ1) is 36.6. The fourth-order valence-electron chi connectivity index (χ4n) is 11.1. The number of hydrogen-bond donors (Lipinski definition) is 0. The van der Waals surface area contributed by atoms with Gasteiger partial charge in [-0.2, -0.15) is 10.5 Å². The second-order valence-electron chi connectivity index (χ2n) is 17.8. The Labute approximate surface area is 366 Å². The van der Waals surface area contributed by atoms with E-state index in [-0.39, 0.29) is 5.41 Å². The van der Waals surface area contributed by atoms with Crippen LogP contribution in [-0.4, -0.2) is 0 Å². The van der Waals surface area contributed by atoms with E-state index in [0.717, 1.165) is 65.7 Å². The molecule has 0 aliphatic heterocycles. The molecule has 0 aromatic heterocycles. The summed E-state index contributed by atoms with van der Waals surface area (Å²) in [5.74, 6) is 0. The fraction of sp³-hybridized carbons (Fsp3) is 0.0833. The van der Waals surface area contributed by atoms with Gasteiger partial charge < -0.3 is 0 Å². The lowest BCUT2D eigenvalue weighted by molar-refractivity contribution is 0.660. The van der Waals surface area contributed by atoms with Crippen LogP contribution in [0, 0.1) is 43.1 Å². The van der Waals surface area contributed by atoms with Crippen molar-refractivity contribution in [3.8, 4) is 78.9 Å². The Hall–Kier alpha value is -8.29. The molecule has 0 fully saturated rings. The van der Waals surface area contributed by atoms with Crippen molar-refractivity contribution in [2.24, 2.45) is 0 Å². The van der Waals surface area contributed by atoms with Crippen LogP contribution >= 0.6 is 0 Å². The van der Waals surface area contributed by atoms with Crippen LogP contribution in [0.5, 0.6) is 0 Å². The average molecular weight is 800 g/mol. The second-order valence-corrected chi connectivity index (χ2v) is 17.8. The van der Waals surface area contributed by atoms with Crippen molar-refractivity contribution in [3.05, 3.63) is 196 Å². The van der Waals surface area contributed by atoms with Crippen molar-refractivity contribution >= 4 is 48.8 Å². The van der Waals surface area contributed by atoms with Crippen LogP contribution in [0.25, 0.3) is 115 Å². The zero-order chi connectivity index (χ0) is 42.9. The van der Waals surface area contributed by atoms with E-state index in [1.165, 1.54) is 66.4 Å². The van der Waals surface area contributed by atoms with Crippen LogP contribution < -0.4 is 0 Å². The molecule has 0 amide bonds. The van der Waals surface area contributed by atoms with Gasteiger partial charge in [0.05, 0.1) is 29.8 Å². The molecule has 10 aromatic carbocycles. The highest BCUT2D eigenvalue weighted by molar-refractivity contribution is 6.28. The SMILES string of the molecule is [C-]#[N+]c1ccc2c(c1)c(-c1ccc(C#N)cc1C)cc1c3cc4c(cc3c(-c3ccc(C#N)cc3C)cc21)-c1ccc(-c2ccc3c(c2)C(C)(C)c2ccccc2-3)c2cccc-4c12. The van der Waals surface area contributed by atoms with E-state index >= 15 is 0 Å². The van der Waals surface area contributed by atoms with Crippen LogP contribution in [0.3, 0.4) is 0 Å². The summed E-state index contributed by atoms with van der Waals surface area (Å²) in [6.45, 7) is 16.8. The summed E-state index contributed by atoms with van der Waals surface area (Å²) in [6, 6.07) is 59.2. The van der Waals surface area contributed by atoms with E-state index in [9.17, 15) is 10.5 Å². The van der Waals surface area contributed by atoms with Gasteiger partial charge in [0, 0.05) is 5.41 Å². The molecule has 0 spiro atoms. The smallest absolute Gasteiger partial charge is 0.187 e. The minimum Gasteiger partial charge on any atom is -0.238 e. The van der Waals surface area contributed by atoms with Crippen molar-refractivity contribution in [2.75, 3.05) is 0 Å². The van der Waals surface area contributed by atoms with E-state index in [1.54, 1.807) is 0 Å². The molecule has 10 aromatic rings. The molecule has 292 valence electrons. The molecule has 3 nitrogen and oxygen atoms in total. The number of rotatable bonds is 3. The van der Waals surface area contributed by atoms with Gasteiger partial charge in [-0.05, 0) is 207 Å². The van der Waals surface area contributed by atoms with Gasteiger partial charge in [0.2, 0.25) is 0 Å². The number of nitrogens with zero attached hydrogens (tertiary/aromatic N) is 3. The van der Waals surface area contributed by atoms with Gasteiger partial charge in [-0.3, -0.25) is 0 Å². The summed E-state index contributed by atoms with van der Waals surface area (Å²) in [6.07, 6.45) is 0. The minimum absolute atomic E-state index is 0.0931. The summed E-state index contributed by atoms with van der Waals surface area (Å²) in [5, 5.41) is 28.6. The van der Waals surface area contributed by atoms with Crippen molar-refractivity contribution in [2.45, 2.75) is 33.1 Å².